The van der Waals surface area contributed by atoms with Crippen LogP contribution < -0.4 is 5.32 Å². The summed E-state index contributed by atoms with van der Waals surface area (Å²) in [6.07, 6.45) is -1.11. The molecule has 0 saturated heterocycles. The first-order chi connectivity index (χ1) is 12.4. The lowest BCUT2D eigenvalue weighted by Gasteiger charge is -2.27. The Kier molecular flexibility index (Phi) is 6.83. The van der Waals surface area contributed by atoms with Gasteiger partial charge in [0.15, 0.2) is 0 Å². The number of ketones is 1. The van der Waals surface area contributed by atoms with Gasteiger partial charge in [0.1, 0.15) is 6.04 Å². The van der Waals surface area contributed by atoms with E-state index in [1.807, 2.05) is 6.07 Å². The van der Waals surface area contributed by atoms with Crippen LogP contribution in [0.1, 0.15) is 30.5 Å². The highest BCUT2D eigenvalue weighted by Gasteiger charge is 2.48. The fourth-order valence-electron chi connectivity index (χ4n) is 2.55. The van der Waals surface area contributed by atoms with Gasteiger partial charge in [-0.25, -0.2) is 4.79 Å². The summed E-state index contributed by atoms with van der Waals surface area (Å²) >= 11 is 0. The lowest BCUT2D eigenvalue weighted by atomic mass is 9.94. The van der Waals surface area contributed by atoms with E-state index in [0.717, 1.165) is 5.56 Å². The number of nitrogens with one attached hydrogen (secondary N) is 1. The summed E-state index contributed by atoms with van der Waals surface area (Å²) in [5.74, 6) is -4.99. The molecule has 0 aliphatic heterocycles. The highest BCUT2D eigenvalue weighted by Crippen LogP contribution is 2.33. The van der Waals surface area contributed by atoms with Crippen LogP contribution in [0.5, 0.6) is 0 Å². The fourth-order valence-corrected chi connectivity index (χ4v) is 2.55. The second-order valence-corrected chi connectivity index (χ2v) is 5.74. The van der Waals surface area contributed by atoms with Gasteiger partial charge in [0.2, 0.25) is 5.78 Å². The molecule has 1 atom stereocenters. The molecule has 0 aliphatic rings. The Morgan fingerprint density at radius 2 is 1.62 bits per heavy atom. The molecule has 1 amide bonds. The topological polar surface area (TPSA) is 55.4 Å². The number of alkyl halides is 2. The molecule has 0 aromatic heterocycles. The van der Waals surface area contributed by atoms with Crippen LogP contribution in [-0.4, -0.2) is 24.4 Å². The molecule has 2 aromatic rings. The smallest absolute Gasteiger partial charge is 0.407 e. The van der Waals surface area contributed by atoms with Crippen molar-refractivity contribution in [3.8, 4) is 0 Å². The van der Waals surface area contributed by atoms with E-state index in [0.29, 0.717) is 0 Å². The maximum absolute atomic E-state index is 14.9. The minimum absolute atomic E-state index is 0.0425. The average Bonchev–Trinajstić information content (AvgIpc) is 2.65. The number of Topliss-reactive ketones (excluding diaryl/α,β-unsaturated/α-hetero) is 1. The van der Waals surface area contributed by atoms with Gasteiger partial charge in [-0.2, -0.15) is 8.78 Å². The van der Waals surface area contributed by atoms with Crippen LogP contribution in [0, 0.1) is 0 Å². The summed E-state index contributed by atoms with van der Waals surface area (Å²) in [5.41, 5.74) is 0.935. The van der Waals surface area contributed by atoms with E-state index in [2.05, 4.69) is 5.32 Å². The summed E-state index contributed by atoms with van der Waals surface area (Å²) in [7, 11) is 0. The molecule has 0 fully saturated rings. The maximum Gasteiger partial charge on any atom is 0.407 e. The van der Waals surface area contributed by atoms with Crippen molar-refractivity contribution in [3.63, 3.8) is 0 Å². The van der Waals surface area contributed by atoms with Crippen molar-refractivity contribution in [2.24, 2.45) is 0 Å². The largest absolute Gasteiger partial charge is 0.450 e. The molecule has 6 heteroatoms. The quantitative estimate of drug-likeness (QED) is 0.762. The van der Waals surface area contributed by atoms with Gasteiger partial charge in [-0.1, -0.05) is 60.7 Å². The lowest BCUT2D eigenvalue weighted by Crippen LogP contribution is -2.45. The van der Waals surface area contributed by atoms with Crippen LogP contribution in [0.2, 0.25) is 0 Å². The molecule has 0 bridgehead atoms. The van der Waals surface area contributed by atoms with E-state index in [-0.39, 0.29) is 25.0 Å². The van der Waals surface area contributed by atoms with Crippen molar-refractivity contribution in [2.45, 2.75) is 31.7 Å². The van der Waals surface area contributed by atoms with Crippen LogP contribution in [0.15, 0.2) is 60.7 Å². The van der Waals surface area contributed by atoms with Crippen LogP contribution >= 0.6 is 0 Å². The molecule has 138 valence electrons. The number of aryl methyl sites for hydroxylation is 1. The lowest BCUT2D eigenvalue weighted by molar-refractivity contribution is -0.147. The van der Waals surface area contributed by atoms with Gasteiger partial charge in [0, 0.05) is 6.42 Å². The summed E-state index contributed by atoms with van der Waals surface area (Å²) in [6.45, 7) is 1.61. The van der Waals surface area contributed by atoms with Crippen molar-refractivity contribution in [2.75, 3.05) is 6.61 Å². The van der Waals surface area contributed by atoms with Gasteiger partial charge in [-0.05, 0) is 24.5 Å². The molecule has 26 heavy (non-hydrogen) atoms. The third-order valence-electron chi connectivity index (χ3n) is 3.89. The number of hydrogen-bond acceptors (Lipinski definition) is 3. The number of carbonyl (C=O) groups excluding carboxylic acids is 2. The monoisotopic (exact) mass is 361 g/mol. The summed E-state index contributed by atoms with van der Waals surface area (Å²) in [4.78, 5) is 23.9. The second kappa shape index (κ2) is 9.08. The van der Waals surface area contributed by atoms with E-state index < -0.39 is 23.8 Å². The standard InChI is InChI=1S/C20H21F2NO3/c1-2-26-19(25)23-18(16-11-7-4-8-12-16)20(21,22)17(24)14-13-15-9-5-3-6-10-15/h3-12,18H,2,13-14H2,1H3,(H,23,25). The summed E-state index contributed by atoms with van der Waals surface area (Å²) in [6, 6.07) is 14.8. The SMILES string of the molecule is CCOC(=O)NC(c1ccccc1)C(F)(F)C(=O)CCc1ccccc1. The minimum Gasteiger partial charge on any atom is -0.450 e. The van der Waals surface area contributed by atoms with Crippen molar-refractivity contribution in [1.29, 1.82) is 0 Å². The first kappa shape index (κ1) is 19.6. The van der Waals surface area contributed by atoms with E-state index in [1.165, 1.54) is 12.1 Å². The zero-order valence-corrected chi connectivity index (χ0v) is 14.5. The molecule has 1 N–H and O–H groups in total. The second-order valence-electron chi connectivity index (χ2n) is 5.74. The molecular formula is C20H21F2NO3. The Morgan fingerprint density at radius 1 is 1.04 bits per heavy atom. The number of hydrogen-bond donors (Lipinski definition) is 1. The number of amides is 1. The van der Waals surface area contributed by atoms with Gasteiger partial charge in [-0.3, -0.25) is 4.79 Å². The van der Waals surface area contributed by atoms with E-state index >= 15 is 0 Å². The first-order valence-electron chi connectivity index (χ1n) is 8.38. The van der Waals surface area contributed by atoms with Gasteiger partial charge in [-0.15, -0.1) is 0 Å². The van der Waals surface area contributed by atoms with Crippen molar-refractivity contribution < 1.29 is 23.1 Å². The molecule has 0 aliphatic carbocycles. The third kappa shape index (κ3) is 5.12. The average molecular weight is 361 g/mol. The van der Waals surface area contributed by atoms with Crippen LogP contribution in [0.3, 0.4) is 0 Å². The number of benzene rings is 2. The normalized spacial score (nSPS) is 12.3. The Labute approximate surface area is 151 Å². The first-order valence-corrected chi connectivity index (χ1v) is 8.38. The molecular weight excluding hydrogens is 340 g/mol. The highest BCUT2D eigenvalue weighted by atomic mass is 19.3. The molecule has 0 heterocycles. The van der Waals surface area contributed by atoms with Crippen molar-refractivity contribution in [3.05, 3.63) is 71.8 Å². The number of rotatable bonds is 8. The van der Waals surface area contributed by atoms with E-state index in [4.69, 9.17) is 4.74 Å². The fraction of sp³-hybridized carbons (Fsp3) is 0.300. The van der Waals surface area contributed by atoms with Crippen LogP contribution in [0.25, 0.3) is 0 Å². The number of carbonyl (C=O) groups is 2. The predicted molar refractivity (Wildman–Crippen MR) is 94.1 cm³/mol. The Balaban J connectivity index is 2.17. The molecule has 2 rings (SSSR count). The Morgan fingerprint density at radius 3 is 2.19 bits per heavy atom. The zero-order valence-electron chi connectivity index (χ0n) is 14.5. The maximum atomic E-state index is 14.9. The van der Waals surface area contributed by atoms with Gasteiger partial charge < -0.3 is 10.1 Å². The van der Waals surface area contributed by atoms with E-state index in [1.54, 1.807) is 49.4 Å². The minimum atomic E-state index is -3.76. The molecule has 0 saturated carbocycles. The van der Waals surface area contributed by atoms with Crippen molar-refractivity contribution >= 4 is 11.9 Å². The predicted octanol–water partition coefficient (Wildman–Crippen LogP) is 4.31. The number of alkyl carbamates (subject to hydrolysis) is 1. The summed E-state index contributed by atoms with van der Waals surface area (Å²) in [5, 5.41) is 2.12. The molecule has 4 nitrogen and oxygen atoms in total. The number of halogens is 2. The Bertz CT molecular complexity index is 720. The molecule has 1 unspecified atom stereocenters. The van der Waals surface area contributed by atoms with Gasteiger partial charge >= 0.3 is 12.0 Å². The van der Waals surface area contributed by atoms with Crippen LogP contribution in [0.4, 0.5) is 13.6 Å². The zero-order chi connectivity index (χ0) is 19.0. The molecule has 0 radical (unpaired) electrons. The summed E-state index contributed by atoms with van der Waals surface area (Å²) < 4.78 is 34.4. The third-order valence-corrected chi connectivity index (χ3v) is 3.89. The van der Waals surface area contributed by atoms with E-state index in [9.17, 15) is 18.4 Å². The van der Waals surface area contributed by atoms with Gasteiger partial charge in [0.25, 0.3) is 0 Å². The molecule has 2 aromatic carbocycles. The van der Waals surface area contributed by atoms with Crippen LogP contribution in [-0.2, 0) is 16.0 Å². The number of ether oxygens (including phenoxy) is 1. The highest BCUT2D eigenvalue weighted by molar-refractivity contribution is 5.87. The van der Waals surface area contributed by atoms with Gasteiger partial charge in [0.05, 0.1) is 6.61 Å². The molecule has 0 spiro atoms. The van der Waals surface area contributed by atoms with Crippen molar-refractivity contribution in [1.82, 2.24) is 5.32 Å². The Hall–Kier alpha value is -2.76.